The Balaban J connectivity index is 4.57. The predicted octanol–water partition coefficient (Wildman–Crippen LogP) is 7.77. The highest BCUT2D eigenvalue weighted by atomic mass is 31.2. The molecule has 3 unspecified atom stereocenters. The molecule has 0 radical (unpaired) electrons. The first-order chi connectivity index (χ1) is 21.0. The lowest BCUT2D eigenvalue weighted by Gasteiger charge is -2.29. The molecule has 0 saturated carbocycles. The Morgan fingerprint density at radius 1 is 0.773 bits per heavy atom. The highest BCUT2D eigenvalue weighted by molar-refractivity contribution is 7.45. The van der Waals surface area contributed by atoms with Gasteiger partial charge < -0.3 is 28.8 Å². The molecule has 0 aromatic carbocycles. The first kappa shape index (κ1) is 42.7. The van der Waals surface area contributed by atoms with Crippen molar-refractivity contribution < 1.29 is 32.9 Å². The summed E-state index contributed by atoms with van der Waals surface area (Å²) in [7, 11) is 1.23. The van der Waals surface area contributed by atoms with Gasteiger partial charge >= 0.3 is 0 Å². The number of phosphoric acid groups is 1. The van der Waals surface area contributed by atoms with Crippen LogP contribution in [-0.4, -0.2) is 68.5 Å². The smallest absolute Gasteiger partial charge is 0.268 e. The number of quaternary nitrogens is 1. The van der Waals surface area contributed by atoms with Crippen molar-refractivity contribution in [3.05, 3.63) is 36.5 Å². The zero-order chi connectivity index (χ0) is 32.9. The van der Waals surface area contributed by atoms with Gasteiger partial charge in [-0.25, -0.2) is 0 Å². The summed E-state index contributed by atoms with van der Waals surface area (Å²) in [6.07, 6.45) is 30.6. The molecule has 0 aliphatic heterocycles. The number of carbonyl (C=O) groups excluding carboxylic acids is 1. The standard InChI is InChI=1S/C35H67N2O6P/c1-6-8-10-12-14-16-17-18-19-20-21-23-25-27-29-35(39)36-33(32-43-44(40,41)42-31-30-37(3,4)5)34(38)28-26-24-22-15-13-11-9-7-2/h13,15,17-18,26,28,33-34,38H,6-12,14,16,19-25,27,29-32H2,1-5H3,(H-,36,39,40,41)/b15-13+,18-17-,28-26+. The minimum Gasteiger partial charge on any atom is -0.756 e. The van der Waals surface area contributed by atoms with Crippen molar-refractivity contribution in [2.75, 3.05) is 40.9 Å². The van der Waals surface area contributed by atoms with Gasteiger partial charge in [-0.2, -0.15) is 0 Å². The summed E-state index contributed by atoms with van der Waals surface area (Å²) in [5.41, 5.74) is 0. The summed E-state index contributed by atoms with van der Waals surface area (Å²) in [5, 5.41) is 13.5. The highest BCUT2D eigenvalue weighted by Gasteiger charge is 2.23. The van der Waals surface area contributed by atoms with Crippen molar-refractivity contribution in [3.63, 3.8) is 0 Å². The van der Waals surface area contributed by atoms with Gasteiger partial charge in [-0.15, -0.1) is 0 Å². The Morgan fingerprint density at radius 2 is 1.30 bits per heavy atom. The van der Waals surface area contributed by atoms with Gasteiger partial charge in [-0.3, -0.25) is 9.36 Å². The molecule has 0 bridgehead atoms. The van der Waals surface area contributed by atoms with E-state index in [0.717, 1.165) is 57.8 Å². The number of likely N-dealkylation sites (N-methyl/N-ethyl adjacent to an activating group) is 1. The fourth-order valence-corrected chi connectivity index (χ4v) is 5.16. The van der Waals surface area contributed by atoms with Crippen LogP contribution in [-0.2, 0) is 18.4 Å². The summed E-state index contributed by atoms with van der Waals surface area (Å²) in [6, 6.07) is -0.901. The lowest BCUT2D eigenvalue weighted by Crippen LogP contribution is -2.45. The van der Waals surface area contributed by atoms with E-state index in [9.17, 15) is 19.4 Å². The van der Waals surface area contributed by atoms with Crippen LogP contribution in [0.2, 0.25) is 0 Å². The third-order valence-electron chi connectivity index (χ3n) is 7.32. The molecule has 44 heavy (non-hydrogen) atoms. The Labute approximate surface area is 270 Å². The van der Waals surface area contributed by atoms with Crippen LogP contribution < -0.4 is 10.2 Å². The highest BCUT2D eigenvalue weighted by Crippen LogP contribution is 2.38. The van der Waals surface area contributed by atoms with E-state index in [4.69, 9.17) is 9.05 Å². The number of unbranched alkanes of at least 4 members (excludes halogenated alkanes) is 13. The average Bonchev–Trinajstić information content (AvgIpc) is 2.95. The van der Waals surface area contributed by atoms with Crippen molar-refractivity contribution in [3.8, 4) is 0 Å². The molecule has 0 rings (SSSR count). The number of hydrogen-bond acceptors (Lipinski definition) is 6. The SMILES string of the molecule is CCCC/C=C/CC/C=C/C(O)C(COP(=O)([O-])OCC[N+](C)(C)C)NC(=O)CCCCCCC/C=C\CCCCCCC. The summed E-state index contributed by atoms with van der Waals surface area (Å²) in [4.78, 5) is 25.0. The van der Waals surface area contributed by atoms with E-state index < -0.39 is 26.6 Å². The molecule has 0 aromatic rings. The Bertz CT molecular complexity index is 825. The number of aliphatic hydroxyl groups is 1. The van der Waals surface area contributed by atoms with Crippen molar-refractivity contribution in [2.24, 2.45) is 0 Å². The van der Waals surface area contributed by atoms with Gasteiger partial charge in [-0.1, -0.05) is 108 Å². The van der Waals surface area contributed by atoms with Crippen molar-refractivity contribution in [1.29, 1.82) is 0 Å². The normalized spacial score (nSPS) is 15.3. The zero-order valence-electron chi connectivity index (χ0n) is 28.9. The van der Waals surface area contributed by atoms with Crippen molar-refractivity contribution >= 4 is 13.7 Å². The number of carbonyl (C=O) groups is 1. The summed E-state index contributed by atoms with van der Waals surface area (Å²) >= 11 is 0. The number of nitrogens with zero attached hydrogens (tertiary/aromatic N) is 1. The average molecular weight is 643 g/mol. The second kappa shape index (κ2) is 28.0. The molecule has 2 N–H and O–H groups in total. The maximum absolute atomic E-state index is 12.7. The second-order valence-corrected chi connectivity index (χ2v) is 14.3. The van der Waals surface area contributed by atoms with Crippen molar-refractivity contribution in [2.45, 2.75) is 142 Å². The van der Waals surface area contributed by atoms with E-state index in [-0.39, 0.29) is 12.5 Å². The Morgan fingerprint density at radius 3 is 1.91 bits per heavy atom. The predicted molar refractivity (Wildman–Crippen MR) is 182 cm³/mol. The first-order valence-corrected chi connectivity index (χ1v) is 18.8. The van der Waals surface area contributed by atoms with Gasteiger partial charge in [0.25, 0.3) is 7.82 Å². The molecule has 9 heteroatoms. The molecule has 0 aliphatic rings. The van der Waals surface area contributed by atoms with E-state index in [1.54, 1.807) is 6.08 Å². The lowest BCUT2D eigenvalue weighted by molar-refractivity contribution is -0.870. The number of nitrogens with one attached hydrogen (secondary N) is 1. The molecular formula is C35H67N2O6P. The Kier molecular flexibility index (Phi) is 27.2. The molecular weight excluding hydrogens is 575 g/mol. The fraction of sp³-hybridized carbons (Fsp3) is 0.800. The molecule has 0 aromatic heterocycles. The van der Waals surface area contributed by atoms with Gasteiger partial charge in [0.1, 0.15) is 13.2 Å². The van der Waals surface area contributed by atoms with E-state index >= 15 is 0 Å². The summed E-state index contributed by atoms with van der Waals surface area (Å²) < 4.78 is 22.9. The van der Waals surface area contributed by atoms with Crippen LogP contribution in [0.5, 0.6) is 0 Å². The Hall–Kier alpha value is -1.28. The number of allylic oxidation sites excluding steroid dienone is 5. The topological polar surface area (TPSA) is 108 Å². The monoisotopic (exact) mass is 642 g/mol. The quantitative estimate of drug-likeness (QED) is 0.0359. The van der Waals surface area contributed by atoms with Crippen LogP contribution in [0, 0.1) is 0 Å². The molecule has 3 atom stereocenters. The third-order valence-corrected chi connectivity index (χ3v) is 8.29. The van der Waals surface area contributed by atoms with E-state index in [2.05, 4.69) is 43.5 Å². The van der Waals surface area contributed by atoms with Gasteiger partial charge in [0.05, 0.1) is 39.9 Å². The van der Waals surface area contributed by atoms with Gasteiger partial charge in [0.15, 0.2) is 0 Å². The number of rotatable bonds is 30. The molecule has 0 saturated heterocycles. The van der Waals surface area contributed by atoms with E-state index in [1.165, 1.54) is 51.4 Å². The van der Waals surface area contributed by atoms with Gasteiger partial charge in [-0.05, 0) is 51.4 Å². The van der Waals surface area contributed by atoms with Crippen LogP contribution >= 0.6 is 7.82 Å². The minimum atomic E-state index is -4.58. The fourth-order valence-electron chi connectivity index (χ4n) is 4.44. The largest absolute Gasteiger partial charge is 0.756 e. The summed E-state index contributed by atoms with van der Waals surface area (Å²) in [6.45, 7) is 4.49. The first-order valence-electron chi connectivity index (χ1n) is 17.4. The van der Waals surface area contributed by atoms with E-state index in [0.29, 0.717) is 17.4 Å². The molecule has 0 aliphatic carbocycles. The van der Waals surface area contributed by atoms with E-state index in [1.807, 2.05) is 27.2 Å². The maximum Gasteiger partial charge on any atom is 0.268 e. The second-order valence-electron chi connectivity index (χ2n) is 12.9. The van der Waals surface area contributed by atoms with Crippen LogP contribution in [0.1, 0.15) is 129 Å². The summed E-state index contributed by atoms with van der Waals surface area (Å²) in [5.74, 6) is -0.224. The van der Waals surface area contributed by atoms with Crippen molar-refractivity contribution in [1.82, 2.24) is 5.32 Å². The van der Waals surface area contributed by atoms with Crippen LogP contribution in [0.25, 0.3) is 0 Å². The minimum absolute atomic E-state index is 0.00898. The maximum atomic E-state index is 12.7. The molecule has 0 heterocycles. The molecule has 0 spiro atoms. The molecule has 1 amide bonds. The van der Waals surface area contributed by atoms with Crippen LogP contribution in [0.15, 0.2) is 36.5 Å². The zero-order valence-corrected chi connectivity index (χ0v) is 29.7. The molecule has 258 valence electrons. The number of hydrogen-bond donors (Lipinski definition) is 2. The number of aliphatic hydroxyl groups excluding tert-OH is 1. The molecule has 8 nitrogen and oxygen atoms in total. The van der Waals surface area contributed by atoms with Gasteiger partial charge in [0.2, 0.25) is 5.91 Å². The van der Waals surface area contributed by atoms with Crippen LogP contribution in [0.3, 0.4) is 0 Å². The molecule has 0 fully saturated rings. The van der Waals surface area contributed by atoms with Crippen LogP contribution in [0.4, 0.5) is 0 Å². The lowest BCUT2D eigenvalue weighted by atomic mass is 10.1. The number of amides is 1. The third kappa shape index (κ3) is 29.4. The van der Waals surface area contributed by atoms with Gasteiger partial charge in [0, 0.05) is 6.42 Å². The number of phosphoric ester groups is 1.